The van der Waals surface area contributed by atoms with Gasteiger partial charge in [-0.3, -0.25) is 4.99 Å². The fourth-order valence-electron chi connectivity index (χ4n) is 2.62. The van der Waals surface area contributed by atoms with Gasteiger partial charge in [-0.1, -0.05) is 18.2 Å². The smallest absolute Gasteiger partial charge is 0.387 e. The number of halogens is 3. The van der Waals surface area contributed by atoms with Gasteiger partial charge in [0.15, 0.2) is 5.96 Å². The molecule has 0 saturated carbocycles. The molecule has 8 heteroatoms. The minimum atomic E-state index is -2.83. The van der Waals surface area contributed by atoms with E-state index in [9.17, 15) is 8.78 Å². The summed E-state index contributed by atoms with van der Waals surface area (Å²) in [5.74, 6) is 1.38. The van der Waals surface area contributed by atoms with Crippen molar-refractivity contribution in [2.24, 2.45) is 10.9 Å². The first-order chi connectivity index (χ1) is 11.1. The van der Waals surface area contributed by atoms with Gasteiger partial charge in [0.05, 0.1) is 6.61 Å². The number of nitrogens with zero attached hydrogens (tertiary/aromatic N) is 2. The Morgan fingerprint density at radius 2 is 2.21 bits per heavy atom. The maximum Gasteiger partial charge on any atom is 0.387 e. The van der Waals surface area contributed by atoms with Crippen molar-refractivity contribution in [2.45, 2.75) is 19.6 Å². The molecule has 1 heterocycles. The Morgan fingerprint density at radius 3 is 2.83 bits per heavy atom. The molecule has 1 saturated heterocycles. The number of para-hydroxylation sites is 1. The number of rotatable bonds is 6. The molecule has 1 fully saturated rings. The molecule has 1 aromatic rings. The molecule has 136 valence electrons. The summed E-state index contributed by atoms with van der Waals surface area (Å²) in [6, 6.07) is 6.74. The van der Waals surface area contributed by atoms with Crippen molar-refractivity contribution in [3.05, 3.63) is 29.8 Å². The van der Waals surface area contributed by atoms with Crippen LogP contribution in [-0.4, -0.2) is 51.3 Å². The Balaban J connectivity index is 0.00000288. The number of hydrogen-bond donors (Lipinski definition) is 1. The Morgan fingerprint density at radius 1 is 1.46 bits per heavy atom. The molecule has 1 atom stereocenters. The zero-order valence-electron chi connectivity index (χ0n) is 13.9. The fourth-order valence-corrected chi connectivity index (χ4v) is 2.62. The Labute approximate surface area is 158 Å². The van der Waals surface area contributed by atoms with Crippen molar-refractivity contribution < 1.29 is 18.3 Å². The summed E-state index contributed by atoms with van der Waals surface area (Å²) in [6.07, 6.45) is 1.05. The molecule has 2 rings (SSSR count). The maximum atomic E-state index is 12.4. The number of nitrogens with one attached hydrogen (secondary N) is 1. The fraction of sp³-hybridized carbons (Fsp3) is 0.562. The monoisotopic (exact) mass is 455 g/mol. The van der Waals surface area contributed by atoms with Crippen molar-refractivity contribution in [2.75, 3.05) is 33.9 Å². The number of hydrogen-bond acceptors (Lipinski definition) is 3. The third-order valence-corrected chi connectivity index (χ3v) is 3.76. The van der Waals surface area contributed by atoms with E-state index in [4.69, 9.17) is 4.74 Å². The topological polar surface area (TPSA) is 46.1 Å². The largest absolute Gasteiger partial charge is 0.434 e. The van der Waals surface area contributed by atoms with Crippen molar-refractivity contribution in [3.8, 4) is 5.75 Å². The van der Waals surface area contributed by atoms with E-state index in [1.807, 2.05) is 11.9 Å². The van der Waals surface area contributed by atoms with Crippen LogP contribution in [0.3, 0.4) is 0 Å². The van der Waals surface area contributed by atoms with E-state index in [1.54, 1.807) is 25.2 Å². The summed E-state index contributed by atoms with van der Waals surface area (Å²) in [4.78, 5) is 6.26. The van der Waals surface area contributed by atoms with Crippen molar-refractivity contribution in [1.29, 1.82) is 0 Å². The molecular weight excluding hydrogens is 431 g/mol. The van der Waals surface area contributed by atoms with E-state index >= 15 is 0 Å². The quantitative estimate of drug-likeness (QED) is 0.407. The summed E-state index contributed by atoms with van der Waals surface area (Å²) in [6.45, 7) is -0.0499. The highest BCUT2D eigenvalue weighted by molar-refractivity contribution is 14.0. The van der Waals surface area contributed by atoms with Crippen LogP contribution < -0.4 is 10.1 Å². The molecule has 1 N–H and O–H groups in total. The molecule has 0 aromatic heterocycles. The third kappa shape index (κ3) is 6.39. The molecule has 1 aromatic carbocycles. The van der Waals surface area contributed by atoms with Gasteiger partial charge >= 0.3 is 6.61 Å². The second-order valence-corrected chi connectivity index (χ2v) is 5.50. The van der Waals surface area contributed by atoms with Crippen LogP contribution in [0, 0.1) is 5.92 Å². The SMILES string of the molecule is CN=C(NCc1ccccc1OC(F)F)N(C)CC1CCOC1.I. The average Bonchev–Trinajstić information content (AvgIpc) is 3.01. The minimum absolute atomic E-state index is 0. The van der Waals surface area contributed by atoms with Crippen molar-refractivity contribution in [3.63, 3.8) is 0 Å². The van der Waals surface area contributed by atoms with Gasteiger partial charge in [0, 0.05) is 45.3 Å². The molecule has 5 nitrogen and oxygen atoms in total. The third-order valence-electron chi connectivity index (χ3n) is 3.76. The summed E-state index contributed by atoms with van der Waals surface area (Å²) < 4.78 is 34.8. The van der Waals surface area contributed by atoms with E-state index in [0.717, 1.165) is 26.2 Å². The highest BCUT2D eigenvalue weighted by atomic mass is 127. The first kappa shape index (κ1) is 20.9. The van der Waals surface area contributed by atoms with Crippen LogP contribution in [-0.2, 0) is 11.3 Å². The lowest BCUT2D eigenvalue weighted by Gasteiger charge is -2.24. The number of guanidine groups is 1. The zero-order chi connectivity index (χ0) is 16.7. The van der Waals surface area contributed by atoms with Crippen LogP contribution in [0.2, 0.25) is 0 Å². The highest BCUT2D eigenvalue weighted by Gasteiger charge is 2.19. The molecule has 0 aliphatic carbocycles. The van der Waals surface area contributed by atoms with Gasteiger partial charge in [-0.05, 0) is 12.5 Å². The predicted octanol–water partition coefficient (Wildman–Crippen LogP) is 2.95. The van der Waals surface area contributed by atoms with Gasteiger partial charge in [-0.25, -0.2) is 0 Å². The lowest BCUT2D eigenvalue weighted by molar-refractivity contribution is -0.0504. The van der Waals surface area contributed by atoms with E-state index in [2.05, 4.69) is 15.0 Å². The lowest BCUT2D eigenvalue weighted by Crippen LogP contribution is -2.41. The van der Waals surface area contributed by atoms with Gasteiger partial charge in [0.2, 0.25) is 0 Å². The predicted molar refractivity (Wildman–Crippen MR) is 100 cm³/mol. The summed E-state index contributed by atoms with van der Waals surface area (Å²) in [5.41, 5.74) is 0.659. The second kappa shape index (κ2) is 10.7. The Kier molecular flexibility index (Phi) is 9.27. The van der Waals surface area contributed by atoms with Gasteiger partial charge < -0.3 is 19.7 Å². The van der Waals surface area contributed by atoms with Crippen molar-refractivity contribution in [1.82, 2.24) is 10.2 Å². The molecule has 0 spiro atoms. The minimum Gasteiger partial charge on any atom is -0.434 e. The van der Waals surface area contributed by atoms with Gasteiger partial charge in [0.25, 0.3) is 0 Å². The molecule has 0 bridgehead atoms. The van der Waals surface area contributed by atoms with E-state index < -0.39 is 6.61 Å². The first-order valence-corrected chi connectivity index (χ1v) is 7.62. The van der Waals surface area contributed by atoms with E-state index in [0.29, 0.717) is 24.0 Å². The average molecular weight is 455 g/mol. The van der Waals surface area contributed by atoms with Crippen LogP contribution in [0.5, 0.6) is 5.75 Å². The number of benzene rings is 1. The van der Waals surface area contributed by atoms with Crippen LogP contribution in [0.15, 0.2) is 29.3 Å². The summed E-state index contributed by atoms with van der Waals surface area (Å²) in [7, 11) is 3.65. The number of alkyl halides is 2. The number of aliphatic imine (C=N–C) groups is 1. The molecule has 0 amide bonds. The number of ether oxygens (including phenoxy) is 2. The van der Waals surface area contributed by atoms with E-state index in [1.165, 1.54) is 6.07 Å². The Bertz CT molecular complexity index is 526. The molecule has 0 radical (unpaired) electrons. The van der Waals surface area contributed by atoms with E-state index in [-0.39, 0.29) is 29.7 Å². The summed E-state index contributed by atoms with van der Waals surface area (Å²) >= 11 is 0. The molecular formula is C16H24F2IN3O2. The summed E-state index contributed by atoms with van der Waals surface area (Å²) in [5, 5.41) is 3.18. The molecule has 1 unspecified atom stereocenters. The maximum absolute atomic E-state index is 12.4. The van der Waals surface area contributed by atoms with Crippen LogP contribution in [0.25, 0.3) is 0 Å². The van der Waals surface area contributed by atoms with Gasteiger partial charge in [-0.2, -0.15) is 8.78 Å². The van der Waals surface area contributed by atoms with Crippen LogP contribution >= 0.6 is 24.0 Å². The first-order valence-electron chi connectivity index (χ1n) is 7.62. The molecule has 1 aliphatic rings. The molecule has 1 aliphatic heterocycles. The van der Waals surface area contributed by atoms with Crippen LogP contribution in [0.4, 0.5) is 8.78 Å². The zero-order valence-corrected chi connectivity index (χ0v) is 16.2. The lowest BCUT2D eigenvalue weighted by atomic mass is 10.1. The standard InChI is InChI=1S/C16H23F2N3O2.HI/c1-19-16(21(2)10-12-7-8-22-11-12)20-9-13-5-3-4-6-14(13)23-15(17)18;/h3-6,12,15H,7-11H2,1-2H3,(H,19,20);1H. The normalized spacial score (nSPS) is 17.5. The Hall–Kier alpha value is -1.16. The highest BCUT2D eigenvalue weighted by Crippen LogP contribution is 2.20. The molecule has 24 heavy (non-hydrogen) atoms. The van der Waals surface area contributed by atoms with Crippen molar-refractivity contribution >= 4 is 29.9 Å². The van der Waals surface area contributed by atoms with Crippen LogP contribution in [0.1, 0.15) is 12.0 Å². The second-order valence-electron chi connectivity index (χ2n) is 5.50. The van der Waals surface area contributed by atoms with Gasteiger partial charge in [-0.15, -0.1) is 24.0 Å². The van der Waals surface area contributed by atoms with Gasteiger partial charge in [0.1, 0.15) is 5.75 Å².